The van der Waals surface area contributed by atoms with Gasteiger partial charge in [-0.1, -0.05) is 36.9 Å². The predicted molar refractivity (Wildman–Crippen MR) is 112 cm³/mol. The molecule has 28 heavy (non-hydrogen) atoms. The normalized spacial score (nSPS) is 11.6. The van der Waals surface area contributed by atoms with E-state index < -0.39 is 11.2 Å². The number of carboxylic acids is 1. The maximum atomic E-state index is 11.5. The van der Waals surface area contributed by atoms with E-state index in [1.165, 1.54) is 0 Å². The first kappa shape index (κ1) is 19.9. The van der Waals surface area contributed by atoms with Gasteiger partial charge < -0.3 is 9.84 Å². The maximum Gasteiger partial charge on any atom is 0.317 e. The molecule has 0 saturated carbocycles. The summed E-state index contributed by atoms with van der Waals surface area (Å²) >= 11 is 2.67. The lowest BCUT2D eigenvalue weighted by atomic mass is 10.0. The van der Waals surface area contributed by atoms with E-state index in [2.05, 4.69) is 11.1 Å². The van der Waals surface area contributed by atoms with Gasteiger partial charge in [-0.25, -0.2) is 4.98 Å². The molecule has 0 aliphatic heterocycles. The van der Waals surface area contributed by atoms with E-state index in [0.29, 0.717) is 17.0 Å². The minimum Gasteiger partial charge on any atom is -0.497 e. The van der Waals surface area contributed by atoms with Gasteiger partial charge in [0.1, 0.15) is 22.1 Å². The molecule has 1 unspecified atom stereocenters. The highest BCUT2D eigenvalue weighted by Gasteiger charge is 2.23. The summed E-state index contributed by atoms with van der Waals surface area (Å²) in [4.78, 5) is 17.1. The average Bonchev–Trinajstić information content (AvgIpc) is 3.26. The number of thioether (sulfide) groups is 1. The topological polar surface area (TPSA) is 83.2 Å². The number of aliphatic carboxylic acids is 1. The van der Waals surface area contributed by atoms with E-state index in [0.717, 1.165) is 39.2 Å². The molecule has 5 nitrogen and oxygen atoms in total. The molecule has 142 valence electrons. The number of benzene rings is 1. The molecule has 3 rings (SSSR count). The molecule has 2 heterocycles. The number of hydrogen-bond donors (Lipinski definition) is 1. The number of aromatic nitrogens is 1. The first-order valence-electron chi connectivity index (χ1n) is 8.60. The summed E-state index contributed by atoms with van der Waals surface area (Å²) in [6, 6.07) is 15.4. The third-order valence-corrected chi connectivity index (χ3v) is 6.40. The Morgan fingerprint density at radius 2 is 2.11 bits per heavy atom. The van der Waals surface area contributed by atoms with E-state index >= 15 is 0 Å². The molecule has 2 aromatic heterocycles. The van der Waals surface area contributed by atoms with E-state index in [1.54, 1.807) is 18.4 Å². The number of methoxy groups -OCH3 is 1. The van der Waals surface area contributed by atoms with E-state index in [1.807, 2.05) is 54.8 Å². The second kappa shape index (κ2) is 8.91. The minimum absolute atomic E-state index is 0.384. The molecule has 0 saturated heterocycles. The molecule has 7 heteroatoms. The second-order valence-corrected chi connectivity index (χ2v) is 8.04. The van der Waals surface area contributed by atoms with Crippen molar-refractivity contribution in [1.82, 2.24) is 4.98 Å². The molecule has 0 radical (unpaired) electrons. The molecule has 3 aromatic rings. The van der Waals surface area contributed by atoms with Crippen LogP contribution in [0.3, 0.4) is 0 Å². The van der Waals surface area contributed by atoms with Crippen molar-refractivity contribution in [3.8, 4) is 33.5 Å². The summed E-state index contributed by atoms with van der Waals surface area (Å²) in [5.74, 6) is -0.188. The van der Waals surface area contributed by atoms with Crippen molar-refractivity contribution >= 4 is 29.1 Å². The second-order valence-electron chi connectivity index (χ2n) is 5.91. The van der Waals surface area contributed by atoms with Crippen LogP contribution >= 0.6 is 23.1 Å². The molecule has 1 N–H and O–H groups in total. The molecule has 0 aliphatic carbocycles. The first-order valence-corrected chi connectivity index (χ1v) is 10.4. The molecule has 0 fully saturated rings. The molecule has 0 aliphatic rings. The third kappa shape index (κ3) is 4.19. The zero-order valence-corrected chi connectivity index (χ0v) is 17.0. The summed E-state index contributed by atoms with van der Waals surface area (Å²) in [5, 5.41) is 21.0. The molecule has 0 bridgehead atoms. The monoisotopic (exact) mass is 410 g/mol. The smallest absolute Gasteiger partial charge is 0.317 e. The number of rotatable bonds is 7. The summed E-state index contributed by atoms with van der Waals surface area (Å²) < 4.78 is 5.22. The van der Waals surface area contributed by atoms with Crippen molar-refractivity contribution in [2.24, 2.45) is 0 Å². The highest BCUT2D eigenvalue weighted by atomic mass is 32.2. The number of hydrogen-bond acceptors (Lipinski definition) is 6. The fourth-order valence-electron chi connectivity index (χ4n) is 2.71. The Morgan fingerprint density at radius 3 is 2.64 bits per heavy atom. The average molecular weight is 411 g/mol. The standard InChI is InChI=1S/C21H18N2O3S2/c1-3-18(21(24)25)28-20-16(12-22)15(13-6-8-14(26-2)9-7-13)11-17(23-20)19-5-4-10-27-19/h4-11,18H,3H2,1-2H3,(H,24,25). The first-order chi connectivity index (χ1) is 13.6. The van der Waals surface area contributed by atoms with Crippen LogP contribution in [0.5, 0.6) is 5.75 Å². The highest BCUT2D eigenvalue weighted by molar-refractivity contribution is 8.00. The number of nitrogens with zero attached hydrogens (tertiary/aromatic N) is 2. The quantitative estimate of drug-likeness (QED) is 0.531. The van der Waals surface area contributed by atoms with Crippen LogP contribution in [0.25, 0.3) is 21.7 Å². The zero-order valence-electron chi connectivity index (χ0n) is 15.4. The minimum atomic E-state index is -0.911. The summed E-state index contributed by atoms with van der Waals surface area (Å²) in [6.07, 6.45) is 0.438. The summed E-state index contributed by atoms with van der Waals surface area (Å²) in [5.41, 5.74) is 2.69. The van der Waals surface area contributed by atoms with Crippen molar-refractivity contribution in [1.29, 1.82) is 5.26 Å². The van der Waals surface area contributed by atoms with Crippen molar-refractivity contribution in [2.75, 3.05) is 7.11 Å². The Bertz CT molecular complexity index is 1010. The number of nitriles is 1. The van der Waals surface area contributed by atoms with Gasteiger partial charge in [-0.3, -0.25) is 4.79 Å². The number of thiophene rings is 1. The van der Waals surface area contributed by atoms with Gasteiger partial charge in [0.05, 0.1) is 23.2 Å². The van der Waals surface area contributed by atoms with Crippen LogP contribution in [-0.2, 0) is 4.79 Å². The van der Waals surface area contributed by atoms with Gasteiger partial charge >= 0.3 is 5.97 Å². The van der Waals surface area contributed by atoms with Gasteiger partial charge in [0, 0.05) is 5.56 Å². The number of carboxylic acid groups (broad SMARTS) is 1. The fourth-order valence-corrected chi connectivity index (χ4v) is 4.35. The fraction of sp³-hybridized carbons (Fsp3) is 0.190. The molecule has 0 spiro atoms. The SMILES string of the molecule is CCC(Sc1nc(-c2cccs2)cc(-c2ccc(OC)cc2)c1C#N)C(=O)O. The van der Waals surface area contributed by atoms with Crippen molar-refractivity contribution in [3.63, 3.8) is 0 Å². The number of carbonyl (C=O) groups is 1. The Labute approximate surface area is 171 Å². The lowest BCUT2D eigenvalue weighted by Gasteiger charge is -2.14. The van der Waals surface area contributed by atoms with Crippen molar-refractivity contribution < 1.29 is 14.6 Å². The van der Waals surface area contributed by atoms with Crippen LogP contribution in [0.4, 0.5) is 0 Å². The van der Waals surface area contributed by atoms with Gasteiger partial charge in [0.2, 0.25) is 0 Å². The lowest BCUT2D eigenvalue weighted by molar-refractivity contribution is -0.136. The van der Waals surface area contributed by atoms with Crippen LogP contribution in [0, 0.1) is 11.3 Å². The molecule has 1 atom stereocenters. The number of ether oxygens (including phenoxy) is 1. The van der Waals surface area contributed by atoms with Gasteiger partial charge in [0.15, 0.2) is 0 Å². The Morgan fingerprint density at radius 1 is 1.36 bits per heavy atom. The van der Waals surface area contributed by atoms with Crippen LogP contribution in [-0.4, -0.2) is 28.4 Å². The van der Waals surface area contributed by atoms with Gasteiger partial charge in [-0.2, -0.15) is 5.26 Å². The molecular weight excluding hydrogens is 392 g/mol. The lowest BCUT2D eigenvalue weighted by Crippen LogP contribution is -2.15. The van der Waals surface area contributed by atoms with Crippen LogP contribution in [0.15, 0.2) is 52.9 Å². The zero-order chi connectivity index (χ0) is 20.1. The van der Waals surface area contributed by atoms with E-state index in [9.17, 15) is 15.2 Å². The van der Waals surface area contributed by atoms with Gasteiger partial charge in [0.25, 0.3) is 0 Å². The molecular formula is C21H18N2O3S2. The maximum absolute atomic E-state index is 11.5. The van der Waals surface area contributed by atoms with E-state index in [-0.39, 0.29) is 0 Å². The largest absolute Gasteiger partial charge is 0.497 e. The Balaban J connectivity index is 2.18. The third-order valence-electron chi connectivity index (χ3n) is 4.17. The molecule has 1 aromatic carbocycles. The Hall–Kier alpha value is -2.82. The Kier molecular flexibility index (Phi) is 6.34. The van der Waals surface area contributed by atoms with E-state index in [4.69, 9.17) is 4.74 Å². The predicted octanol–water partition coefficient (Wildman–Crippen LogP) is 5.31. The van der Waals surface area contributed by atoms with Crippen molar-refractivity contribution in [2.45, 2.75) is 23.6 Å². The van der Waals surface area contributed by atoms with Crippen LogP contribution in [0.2, 0.25) is 0 Å². The van der Waals surface area contributed by atoms with Gasteiger partial charge in [-0.15, -0.1) is 11.3 Å². The molecule has 0 amide bonds. The summed E-state index contributed by atoms with van der Waals surface area (Å²) in [6.45, 7) is 1.81. The van der Waals surface area contributed by atoms with Crippen molar-refractivity contribution in [3.05, 3.63) is 53.4 Å². The van der Waals surface area contributed by atoms with Crippen LogP contribution in [0.1, 0.15) is 18.9 Å². The van der Waals surface area contributed by atoms with Gasteiger partial charge in [-0.05, 0) is 41.6 Å². The highest BCUT2D eigenvalue weighted by Crippen LogP contribution is 2.37. The number of pyridine rings is 1. The van der Waals surface area contributed by atoms with Crippen LogP contribution < -0.4 is 4.74 Å². The summed E-state index contributed by atoms with van der Waals surface area (Å²) in [7, 11) is 1.60.